The first kappa shape index (κ1) is 15.7. The molecular weight excluding hydrogens is 304 g/mol. The molecule has 1 heterocycles. The number of rotatable bonds is 4. The van der Waals surface area contributed by atoms with Gasteiger partial charge < -0.3 is 5.21 Å². The SMILES string of the molecule is Cc1ncccc1C(=O)NN=C(C=NO)c1cccc(Cl)c1. The number of carbonyl (C=O) groups excluding carboxylic acids is 1. The van der Waals surface area contributed by atoms with Gasteiger partial charge in [0.1, 0.15) is 5.71 Å². The van der Waals surface area contributed by atoms with Crippen molar-refractivity contribution in [2.75, 3.05) is 0 Å². The maximum atomic E-state index is 12.1. The molecule has 1 amide bonds. The Morgan fingerprint density at radius 3 is 2.86 bits per heavy atom. The van der Waals surface area contributed by atoms with Crippen LogP contribution in [0.5, 0.6) is 0 Å². The van der Waals surface area contributed by atoms with Gasteiger partial charge in [0, 0.05) is 16.8 Å². The van der Waals surface area contributed by atoms with Crippen LogP contribution in [0.2, 0.25) is 5.02 Å². The molecule has 2 rings (SSSR count). The number of nitrogens with one attached hydrogen (secondary N) is 1. The summed E-state index contributed by atoms with van der Waals surface area (Å²) >= 11 is 5.91. The van der Waals surface area contributed by atoms with Gasteiger partial charge in [-0.15, -0.1) is 0 Å². The van der Waals surface area contributed by atoms with Crippen LogP contribution in [0.3, 0.4) is 0 Å². The summed E-state index contributed by atoms with van der Waals surface area (Å²) in [7, 11) is 0. The van der Waals surface area contributed by atoms with Gasteiger partial charge in [0.05, 0.1) is 17.5 Å². The zero-order valence-electron chi connectivity index (χ0n) is 11.7. The first-order valence-electron chi connectivity index (χ1n) is 6.35. The molecule has 6 nitrogen and oxygen atoms in total. The average molecular weight is 317 g/mol. The molecule has 22 heavy (non-hydrogen) atoms. The molecule has 0 bridgehead atoms. The van der Waals surface area contributed by atoms with E-state index in [9.17, 15) is 4.79 Å². The standard InChI is InChI=1S/C15H13ClN4O2/c1-10-13(6-3-7-17-10)15(21)20-19-14(9-18-22)11-4-2-5-12(16)8-11/h2-9,22H,1H3,(H,20,21). The summed E-state index contributed by atoms with van der Waals surface area (Å²) in [5.41, 5.74) is 4.28. The molecule has 1 aromatic heterocycles. The number of aryl methyl sites for hydroxylation is 1. The van der Waals surface area contributed by atoms with E-state index >= 15 is 0 Å². The van der Waals surface area contributed by atoms with Gasteiger partial charge >= 0.3 is 0 Å². The zero-order valence-corrected chi connectivity index (χ0v) is 12.4. The molecule has 0 aliphatic carbocycles. The fourth-order valence-electron chi connectivity index (χ4n) is 1.77. The second-order valence-corrected chi connectivity index (χ2v) is 4.77. The molecule has 0 saturated heterocycles. The van der Waals surface area contributed by atoms with Crippen LogP contribution < -0.4 is 5.43 Å². The fourth-order valence-corrected chi connectivity index (χ4v) is 1.96. The third kappa shape index (κ3) is 3.89. The quantitative estimate of drug-likeness (QED) is 0.516. The second kappa shape index (κ2) is 7.33. The number of benzene rings is 1. The summed E-state index contributed by atoms with van der Waals surface area (Å²) < 4.78 is 0. The highest BCUT2D eigenvalue weighted by molar-refractivity contribution is 6.39. The first-order chi connectivity index (χ1) is 10.6. The van der Waals surface area contributed by atoms with E-state index in [4.69, 9.17) is 16.8 Å². The average Bonchev–Trinajstić information content (AvgIpc) is 2.51. The summed E-state index contributed by atoms with van der Waals surface area (Å²) in [5.74, 6) is -0.406. The smallest absolute Gasteiger partial charge is 0.273 e. The van der Waals surface area contributed by atoms with E-state index in [1.165, 1.54) is 0 Å². The molecule has 0 aliphatic heterocycles. The van der Waals surface area contributed by atoms with Gasteiger partial charge in [0.15, 0.2) is 0 Å². The maximum Gasteiger partial charge on any atom is 0.273 e. The van der Waals surface area contributed by atoms with Gasteiger partial charge in [-0.25, -0.2) is 5.43 Å². The van der Waals surface area contributed by atoms with Crippen molar-refractivity contribution >= 4 is 29.4 Å². The van der Waals surface area contributed by atoms with Crippen LogP contribution in [0.4, 0.5) is 0 Å². The summed E-state index contributed by atoms with van der Waals surface area (Å²) in [6.07, 6.45) is 2.72. The molecule has 0 fully saturated rings. The number of pyridine rings is 1. The predicted octanol–water partition coefficient (Wildman–Crippen LogP) is 2.64. The van der Waals surface area contributed by atoms with Gasteiger partial charge in [-0.1, -0.05) is 28.9 Å². The Kier molecular flexibility index (Phi) is 5.21. The highest BCUT2D eigenvalue weighted by Gasteiger charge is 2.09. The molecule has 0 radical (unpaired) electrons. The normalized spacial score (nSPS) is 11.6. The van der Waals surface area contributed by atoms with Gasteiger partial charge in [-0.2, -0.15) is 5.10 Å². The van der Waals surface area contributed by atoms with Crippen LogP contribution in [0, 0.1) is 6.92 Å². The summed E-state index contributed by atoms with van der Waals surface area (Å²) in [6.45, 7) is 1.73. The lowest BCUT2D eigenvalue weighted by Gasteiger charge is -2.05. The van der Waals surface area contributed by atoms with Crippen LogP contribution in [0.15, 0.2) is 52.9 Å². The Bertz CT molecular complexity index is 744. The molecule has 0 spiro atoms. The van der Waals surface area contributed by atoms with Crippen molar-refractivity contribution < 1.29 is 10.0 Å². The third-order valence-corrected chi connectivity index (χ3v) is 3.06. The predicted molar refractivity (Wildman–Crippen MR) is 84.7 cm³/mol. The van der Waals surface area contributed by atoms with Crippen LogP contribution in [-0.2, 0) is 0 Å². The number of oxime groups is 1. The number of amides is 1. The molecule has 0 aliphatic rings. The van der Waals surface area contributed by atoms with Crippen molar-refractivity contribution in [2.24, 2.45) is 10.3 Å². The van der Waals surface area contributed by atoms with Crippen molar-refractivity contribution in [1.29, 1.82) is 0 Å². The molecule has 2 N–H and O–H groups in total. The number of hydrogen-bond donors (Lipinski definition) is 2. The lowest BCUT2D eigenvalue weighted by atomic mass is 10.1. The molecule has 7 heteroatoms. The van der Waals surface area contributed by atoms with Crippen molar-refractivity contribution in [1.82, 2.24) is 10.4 Å². The van der Waals surface area contributed by atoms with E-state index in [1.54, 1.807) is 49.5 Å². The lowest BCUT2D eigenvalue weighted by molar-refractivity contribution is 0.0954. The minimum Gasteiger partial charge on any atom is -0.411 e. The number of aromatic nitrogens is 1. The van der Waals surface area contributed by atoms with Gasteiger partial charge in [0.25, 0.3) is 5.91 Å². The maximum absolute atomic E-state index is 12.1. The van der Waals surface area contributed by atoms with Crippen molar-refractivity contribution in [3.63, 3.8) is 0 Å². The molecule has 2 aromatic rings. The van der Waals surface area contributed by atoms with E-state index in [0.717, 1.165) is 6.21 Å². The minimum absolute atomic E-state index is 0.264. The highest BCUT2D eigenvalue weighted by Crippen LogP contribution is 2.11. The Morgan fingerprint density at radius 2 is 2.18 bits per heavy atom. The van der Waals surface area contributed by atoms with Crippen LogP contribution >= 0.6 is 11.6 Å². The van der Waals surface area contributed by atoms with E-state index in [1.807, 2.05) is 0 Å². The topological polar surface area (TPSA) is 86.9 Å². The first-order valence-corrected chi connectivity index (χ1v) is 6.72. The molecule has 0 atom stereocenters. The van der Waals surface area contributed by atoms with E-state index < -0.39 is 5.91 Å². The fraction of sp³-hybridized carbons (Fsp3) is 0.0667. The number of halogens is 1. The number of hydrogen-bond acceptors (Lipinski definition) is 5. The van der Waals surface area contributed by atoms with Crippen LogP contribution in [0.1, 0.15) is 21.6 Å². The summed E-state index contributed by atoms with van der Waals surface area (Å²) in [5, 5.41) is 16.1. The summed E-state index contributed by atoms with van der Waals surface area (Å²) in [6, 6.07) is 10.1. The Hall–Kier alpha value is -2.73. The Labute approximate surface area is 132 Å². The van der Waals surface area contributed by atoms with E-state index in [-0.39, 0.29) is 5.71 Å². The number of nitrogens with zero attached hydrogens (tertiary/aromatic N) is 3. The van der Waals surface area contributed by atoms with E-state index in [2.05, 4.69) is 20.7 Å². The molecular formula is C15H13ClN4O2. The van der Waals surface area contributed by atoms with E-state index in [0.29, 0.717) is 21.8 Å². The Morgan fingerprint density at radius 1 is 1.36 bits per heavy atom. The van der Waals surface area contributed by atoms with Crippen molar-refractivity contribution in [3.05, 3.63) is 64.4 Å². The van der Waals surface area contributed by atoms with Crippen molar-refractivity contribution in [3.8, 4) is 0 Å². The third-order valence-electron chi connectivity index (χ3n) is 2.83. The van der Waals surface area contributed by atoms with Gasteiger partial charge in [-0.05, 0) is 31.2 Å². The van der Waals surface area contributed by atoms with Gasteiger partial charge in [-0.3, -0.25) is 9.78 Å². The zero-order chi connectivity index (χ0) is 15.9. The minimum atomic E-state index is -0.406. The Balaban J connectivity index is 2.25. The van der Waals surface area contributed by atoms with Crippen LogP contribution in [-0.4, -0.2) is 28.0 Å². The monoisotopic (exact) mass is 316 g/mol. The largest absolute Gasteiger partial charge is 0.411 e. The summed E-state index contributed by atoms with van der Waals surface area (Å²) in [4.78, 5) is 16.1. The molecule has 112 valence electrons. The second-order valence-electron chi connectivity index (χ2n) is 4.33. The molecule has 1 aromatic carbocycles. The highest BCUT2D eigenvalue weighted by atomic mass is 35.5. The molecule has 0 unspecified atom stereocenters. The lowest BCUT2D eigenvalue weighted by Crippen LogP contribution is -2.21. The van der Waals surface area contributed by atoms with Gasteiger partial charge in [0.2, 0.25) is 0 Å². The molecule has 0 saturated carbocycles. The number of hydrazone groups is 1. The van der Waals surface area contributed by atoms with Crippen molar-refractivity contribution in [2.45, 2.75) is 6.92 Å². The number of carbonyl (C=O) groups is 1. The van der Waals surface area contributed by atoms with Crippen LogP contribution in [0.25, 0.3) is 0 Å².